The van der Waals surface area contributed by atoms with Crippen LogP contribution in [0.1, 0.15) is 25.7 Å². The molecule has 0 unspecified atom stereocenters. The van der Waals surface area contributed by atoms with E-state index in [1.807, 2.05) is 0 Å². The highest BCUT2D eigenvalue weighted by Gasteiger charge is 2.16. The van der Waals surface area contributed by atoms with Gasteiger partial charge in [0, 0.05) is 11.1 Å². The van der Waals surface area contributed by atoms with E-state index in [0.29, 0.717) is 17.0 Å². The topological polar surface area (TPSA) is 84.5 Å². The van der Waals surface area contributed by atoms with Gasteiger partial charge in [-0.25, -0.2) is 8.42 Å². The zero-order chi connectivity index (χ0) is 15.3. The van der Waals surface area contributed by atoms with Crippen LogP contribution >= 0.6 is 35.6 Å². The third-order valence-corrected chi connectivity index (χ3v) is 5.48. The molecule has 8 heteroatoms. The lowest BCUT2D eigenvalue weighted by atomic mass is 10.3. The summed E-state index contributed by atoms with van der Waals surface area (Å²) < 4.78 is 24.2. The summed E-state index contributed by atoms with van der Waals surface area (Å²) in [7, 11) is -3.35. The second kappa shape index (κ2) is 8.93. The van der Waals surface area contributed by atoms with Crippen LogP contribution in [0.3, 0.4) is 0 Å². The zero-order valence-electron chi connectivity index (χ0n) is 12.2. The second-order valence-corrected chi connectivity index (χ2v) is 7.71. The summed E-state index contributed by atoms with van der Waals surface area (Å²) in [6, 6.07) is 6.51. The molecule has 0 radical (unpaired) electrons. The van der Waals surface area contributed by atoms with Crippen LogP contribution in [-0.2, 0) is 9.84 Å². The van der Waals surface area contributed by atoms with Crippen molar-refractivity contribution in [3.05, 3.63) is 29.3 Å². The Labute approximate surface area is 153 Å². The van der Waals surface area contributed by atoms with Crippen molar-refractivity contribution in [2.45, 2.75) is 36.6 Å². The fourth-order valence-electron chi connectivity index (χ4n) is 2.37. The van der Waals surface area contributed by atoms with E-state index in [9.17, 15) is 8.42 Å². The van der Waals surface area contributed by atoms with Crippen molar-refractivity contribution in [3.8, 4) is 0 Å². The molecule has 0 aromatic heterocycles. The molecular weight excluding hydrogens is 437 g/mol. The highest BCUT2D eigenvalue weighted by Crippen LogP contribution is 2.17. The Morgan fingerprint density at radius 3 is 2.45 bits per heavy atom. The Hall–Kier alpha value is -0.540. The lowest BCUT2D eigenvalue weighted by Gasteiger charge is -2.12. The van der Waals surface area contributed by atoms with Crippen LogP contribution in [0, 0.1) is 0 Å². The molecule has 1 aromatic rings. The Kier molecular flexibility index (Phi) is 7.92. The maximum absolute atomic E-state index is 12.1. The van der Waals surface area contributed by atoms with Crippen LogP contribution < -0.4 is 11.1 Å². The van der Waals surface area contributed by atoms with Crippen molar-refractivity contribution in [1.29, 1.82) is 0 Å². The van der Waals surface area contributed by atoms with Gasteiger partial charge in [0.25, 0.3) is 0 Å². The molecule has 1 saturated carbocycles. The van der Waals surface area contributed by atoms with Crippen LogP contribution in [0.2, 0.25) is 5.02 Å². The van der Waals surface area contributed by atoms with Crippen molar-refractivity contribution >= 4 is 51.4 Å². The number of hydrogen-bond acceptors (Lipinski definition) is 3. The molecule has 124 valence electrons. The Balaban J connectivity index is 0.00000242. The van der Waals surface area contributed by atoms with Crippen LogP contribution in [0.25, 0.3) is 0 Å². The van der Waals surface area contributed by atoms with Gasteiger partial charge in [0.15, 0.2) is 15.8 Å². The molecule has 1 aromatic carbocycles. The number of rotatable bonds is 5. The minimum absolute atomic E-state index is 0. The van der Waals surface area contributed by atoms with Crippen molar-refractivity contribution in [2.75, 3.05) is 12.3 Å². The van der Waals surface area contributed by atoms with Gasteiger partial charge < -0.3 is 11.1 Å². The predicted molar refractivity (Wildman–Crippen MR) is 101 cm³/mol. The van der Waals surface area contributed by atoms with Gasteiger partial charge >= 0.3 is 0 Å². The van der Waals surface area contributed by atoms with E-state index in [-0.39, 0.29) is 41.2 Å². The minimum atomic E-state index is -3.35. The van der Waals surface area contributed by atoms with Gasteiger partial charge in [0.05, 0.1) is 17.2 Å². The Morgan fingerprint density at radius 2 is 1.86 bits per heavy atom. The third-order valence-electron chi connectivity index (χ3n) is 3.52. The van der Waals surface area contributed by atoms with E-state index < -0.39 is 9.84 Å². The number of aliphatic imine (C=N–C) groups is 1. The van der Waals surface area contributed by atoms with Crippen molar-refractivity contribution in [2.24, 2.45) is 10.7 Å². The standard InChI is InChI=1S/C14H20ClN3O2S.HI/c15-11-5-7-13(8-6-11)21(19,20)10-9-17-14(16)18-12-3-1-2-4-12;/h5-8,12H,1-4,9-10H2,(H3,16,17,18);1H. The van der Waals surface area contributed by atoms with Gasteiger partial charge in [-0.3, -0.25) is 4.99 Å². The van der Waals surface area contributed by atoms with E-state index in [1.54, 1.807) is 12.1 Å². The average molecular weight is 458 g/mol. The van der Waals surface area contributed by atoms with Crippen LogP contribution in [-0.4, -0.2) is 32.7 Å². The maximum atomic E-state index is 12.1. The number of nitrogens with two attached hydrogens (primary N) is 1. The molecule has 0 spiro atoms. The van der Waals surface area contributed by atoms with Crippen LogP contribution in [0.5, 0.6) is 0 Å². The molecule has 0 bridgehead atoms. The highest BCUT2D eigenvalue weighted by atomic mass is 127. The summed E-state index contributed by atoms with van der Waals surface area (Å²) in [5, 5.41) is 3.64. The third kappa shape index (κ3) is 5.92. The summed E-state index contributed by atoms with van der Waals surface area (Å²) in [5.74, 6) is 0.259. The fraction of sp³-hybridized carbons (Fsp3) is 0.500. The lowest BCUT2D eigenvalue weighted by molar-refractivity contribution is 0.595. The summed E-state index contributed by atoms with van der Waals surface area (Å²) in [4.78, 5) is 4.35. The van der Waals surface area contributed by atoms with E-state index in [2.05, 4.69) is 10.3 Å². The number of nitrogens with zero attached hydrogens (tertiary/aromatic N) is 1. The molecule has 5 nitrogen and oxygen atoms in total. The lowest BCUT2D eigenvalue weighted by Crippen LogP contribution is -2.38. The van der Waals surface area contributed by atoms with Crippen LogP contribution in [0.4, 0.5) is 0 Å². The first-order valence-corrected chi connectivity index (χ1v) is 9.05. The molecule has 2 rings (SSSR count). The summed E-state index contributed by atoms with van der Waals surface area (Å²) in [6.45, 7) is 0.149. The molecule has 1 fully saturated rings. The predicted octanol–water partition coefficient (Wildman–Crippen LogP) is 2.58. The van der Waals surface area contributed by atoms with E-state index in [4.69, 9.17) is 17.3 Å². The number of sulfone groups is 1. The monoisotopic (exact) mass is 457 g/mol. The molecule has 1 aliphatic rings. The van der Waals surface area contributed by atoms with Gasteiger partial charge in [0.2, 0.25) is 0 Å². The molecular formula is C14H21ClIN3O2S. The highest BCUT2D eigenvalue weighted by molar-refractivity contribution is 14.0. The summed E-state index contributed by atoms with van der Waals surface area (Å²) >= 11 is 5.75. The largest absolute Gasteiger partial charge is 0.370 e. The smallest absolute Gasteiger partial charge is 0.188 e. The van der Waals surface area contributed by atoms with Gasteiger partial charge in [0.1, 0.15) is 0 Å². The van der Waals surface area contributed by atoms with Gasteiger partial charge in [-0.2, -0.15) is 0 Å². The molecule has 1 aliphatic carbocycles. The van der Waals surface area contributed by atoms with E-state index >= 15 is 0 Å². The minimum Gasteiger partial charge on any atom is -0.370 e. The maximum Gasteiger partial charge on any atom is 0.188 e. The van der Waals surface area contributed by atoms with Crippen LogP contribution in [0.15, 0.2) is 34.2 Å². The van der Waals surface area contributed by atoms with E-state index in [1.165, 1.54) is 25.0 Å². The molecule has 0 heterocycles. The van der Waals surface area contributed by atoms with Gasteiger partial charge in [-0.1, -0.05) is 24.4 Å². The van der Waals surface area contributed by atoms with Gasteiger partial charge in [-0.15, -0.1) is 24.0 Å². The quantitative estimate of drug-likeness (QED) is 0.404. The Bertz CT molecular complexity index is 599. The molecule has 0 aliphatic heterocycles. The second-order valence-electron chi connectivity index (χ2n) is 5.17. The van der Waals surface area contributed by atoms with Crippen molar-refractivity contribution in [1.82, 2.24) is 5.32 Å². The molecule has 22 heavy (non-hydrogen) atoms. The summed E-state index contributed by atoms with van der Waals surface area (Å²) in [6.07, 6.45) is 4.60. The van der Waals surface area contributed by atoms with Gasteiger partial charge in [-0.05, 0) is 37.1 Å². The number of guanidine groups is 1. The normalized spacial score (nSPS) is 16.3. The molecule has 0 amide bonds. The number of hydrogen-bond donors (Lipinski definition) is 2. The first kappa shape index (κ1) is 19.5. The van der Waals surface area contributed by atoms with Crippen molar-refractivity contribution < 1.29 is 8.42 Å². The first-order chi connectivity index (χ1) is 9.97. The zero-order valence-corrected chi connectivity index (χ0v) is 16.1. The molecule has 3 N–H and O–H groups in total. The Morgan fingerprint density at radius 1 is 1.27 bits per heavy atom. The van der Waals surface area contributed by atoms with Crippen molar-refractivity contribution in [3.63, 3.8) is 0 Å². The van der Waals surface area contributed by atoms with E-state index in [0.717, 1.165) is 12.8 Å². The molecule has 0 saturated heterocycles. The average Bonchev–Trinajstić information content (AvgIpc) is 2.91. The summed E-state index contributed by atoms with van der Waals surface area (Å²) in [5.41, 5.74) is 5.77. The number of nitrogens with one attached hydrogen (secondary N) is 1. The number of benzene rings is 1. The fourth-order valence-corrected chi connectivity index (χ4v) is 3.62. The SMILES string of the molecule is I.NC(=NCCS(=O)(=O)c1ccc(Cl)cc1)NC1CCCC1. The number of halogens is 2. The first-order valence-electron chi connectivity index (χ1n) is 7.02. The molecule has 0 atom stereocenters.